The molecule has 1 aromatic rings. The van der Waals surface area contributed by atoms with Gasteiger partial charge in [-0.1, -0.05) is 23.3 Å². The first-order chi connectivity index (χ1) is 13.0. The Morgan fingerprint density at radius 1 is 1.07 bits per heavy atom. The number of aryl methyl sites for hydroxylation is 1. The SMILES string of the molecule is CC(C)=CCC/C(C)=C/CN1CCN(c2ccc3c(c2)CCC(=O)N3)CC1. The first-order valence-corrected chi connectivity index (χ1v) is 10.2. The van der Waals surface area contributed by atoms with E-state index in [-0.39, 0.29) is 5.91 Å². The molecule has 1 saturated heterocycles. The molecule has 0 radical (unpaired) electrons. The van der Waals surface area contributed by atoms with Crippen LogP contribution in [0.25, 0.3) is 0 Å². The Morgan fingerprint density at radius 2 is 1.85 bits per heavy atom. The molecular weight excluding hydrogens is 334 g/mol. The Bertz CT molecular complexity index is 723. The molecule has 0 spiro atoms. The number of hydrogen-bond acceptors (Lipinski definition) is 3. The molecule has 4 heteroatoms. The lowest BCUT2D eigenvalue weighted by Gasteiger charge is -2.36. The normalized spacial score (nSPS) is 18.1. The first-order valence-electron chi connectivity index (χ1n) is 10.2. The third-order valence-electron chi connectivity index (χ3n) is 5.51. The van der Waals surface area contributed by atoms with E-state index in [1.54, 1.807) is 0 Å². The van der Waals surface area contributed by atoms with E-state index in [4.69, 9.17) is 0 Å². The van der Waals surface area contributed by atoms with Crippen LogP contribution in [0, 0.1) is 0 Å². The third kappa shape index (κ3) is 5.70. The van der Waals surface area contributed by atoms with Crippen molar-refractivity contribution in [1.82, 2.24) is 4.90 Å². The second-order valence-electron chi connectivity index (χ2n) is 8.05. The molecule has 2 aliphatic heterocycles. The number of anilines is 2. The molecule has 0 bridgehead atoms. The second kappa shape index (κ2) is 9.23. The second-order valence-corrected chi connectivity index (χ2v) is 8.05. The maximum atomic E-state index is 11.5. The summed E-state index contributed by atoms with van der Waals surface area (Å²) in [7, 11) is 0. The zero-order valence-corrected chi connectivity index (χ0v) is 17.1. The third-order valence-corrected chi connectivity index (χ3v) is 5.51. The number of allylic oxidation sites excluding steroid dienone is 3. The van der Waals surface area contributed by atoms with Crippen LogP contribution in [0.3, 0.4) is 0 Å². The molecule has 2 aliphatic rings. The topological polar surface area (TPSA) is 35.6 Å². The molecule has 0 saturated carbocycles. The highest BCUT2D eigenvalue weighted by atomic mass is 16.1. The molecule has 1 aromatic carbocycles. The Hall–Kier alpha value is -2.07. The average molecular weight is 368 g/mol. The lowest BCUT2D eigenvalue weighted by molar-refractivity contribution is -0.116. The highest BCUT2D eigenvalue weighted by molar-refractivity contribution is 5.94. The predicted molar refractivity (Wildman–Crippen MR) is 114 cm³/mol. The molecule has 0 unspecified atom stereocenters. The summed E-state index contributed by atoms with van der Waals surface area (Å²) in [6.07, 6.45) is 8.49. The summed E-state index contributed by atoms with van der Waals surface area (Å²) in [4.78, 5) is 16.5. The van der Waals surface area contributed by atoms with E-state index in [0.29, 0.717) is 6.42 Å². The maximum Gasteiger partial charge on any atom is 0.224 e. The summed E-state index contributed by atoms with van der Waals surface area (Å²) in [6, 6.07) is 6.47. The molecule has 0 atom stereocenters. The van der Waals surface area contributed by atoms with Crippen molar-refractivity contribution < 1.29 is 4.79 Å². The predicted octanol–water partition coefficient (Wildman–Crippen LogP) is 4.39. The van der Waals surface area contributed by atoms with Gasteiger partial charge in [0, 0.05) is 50.5 Å². The summed E-state index contributed by atoms with van der Waals surface area (Å²) in [6.45, 7) is 12.0. The van der Waals surface area contributed by atoms with Crippen LogP contribution in [0.15, 0.2) is 41.5 Å². The van der Waals surface area contributed by atoms with Crippen LogP contribution in [0.1, 0.15) is 45.6 Å². The van der Waals surface area contributed by atoms with Gasteiger partial charge in [0.15, 0.2) is 0 Å². The molecule has 0 aromatic heterocycles. The van der Waals surface area contributed by atoms with Gasteiger partial charge in [0.2, 0.25) is 5.91 Å². The number of nitrogens with one attached hydrogen (secondary N) is 1. The molecule has 0 aliphatic carbocycles. The van der Waals surface area contributed by atoms with E-state index in [0.717, 1.165) is 57.7 Å². The molecule has 3 rings (SSSR count). The standard InChI is InChI=1S/C23H33N3O/c1-18(2)5-4-6-19(3)11-12-25-13-15-26(16-14-25)21-8-9-22-20(17-21)7-10-23(27)24-22/h5,8-9,11,17H,4,6-7,10,12-16H2,1-3H3,(H,24,27)/b19-11+. The molecular formula is C23H33N3O. The monoisotopic (exact) mass is 367 g/mol. The van der Waals surface area contributed by atoms with Crippen LogP contribution >= 0.6 is 0 Å². The summed E-state index contributed by atoms with van der Waals surface area (Å²) < 4.78 is 0. The van der Waals surface area contributed by atoms with Crippen molar-refractivity contribution in [3.8, 4) is 0 Å². The van der Waals surface area contributed by atoms with Crippen LogP contribution in [-0.2, 0) is 11.2 Å². The van der Waals surface area contributed by atoms with Crippen molar-refractivity contribution >= 4 is 17.3 Å². The molecule has 1 N–H and O–H groups in total. The summed E-state index contributed by atoms with van der Waals surface area (Å²) in [5.41, 5.74) is 6.44. The zero-order valence-electron chi connectivity index (χ0n) is 17.1. The van der Waals surface area contributed by atoms with Crippen LogP contribution in [0.5, 0.6) is 0 Å². The molecule has 1 fully saturated rings. The maximum absolute atomic E-state index is 11.5. The zero-order chi connectivity index (χ0) is 19.2. The minimum Gasteiger partial charge on any atom is -0.369 e. The number of benzene rings is 1. The van der Waals surface area contributed by atoms with E-state index in [1.807, 2.05) is 0 Å². The van der Waals surface area contributed by atoms with E-state index in [1.165, 1.54) is 22.4 Å². The molecule has 2 heterocycles. The van der Waals surface area contributed by atoms with Crippen LogP contribution in [-0.4, -0.2) is 43.5 Å². The van der Waals surface area contributed by atoms with Gasteiger partial charge in [-0.15, -0.1) is 0 Å². The molecule has 4 nitrogen and oxygen atoms in total. The van der Waals surface area contributed by atoms with Crippen molar-refractivity contribution in [3.63, 3.8) is 0 Å². The summed E-state index contributed by atoms with van der Waals surface area (Å²) in [5.74, 6) is 0.132. The van der Waals surface area contributed by atoms with Gasteiger partial charge in [-0.2, -0.15) is 0 Å². The number of hydrogen-bond donors (Lipinski definition) is 1. The van der Waals surface area contributed by atoms with Gasteiger partial charge in [0.1, 0.15) is 0 Å². The number of piperazine rings is 1. The minimum absolute atomic E-state index is 0.132. The highest BCUT2D eigenvalue weighted by Gasteiger charge is 2.19. The number of carbonyl (C=O) groups is 1. The lowest BCUT2D eigenvalue weighted by atomic mass is 10.0. The minimum atomic E-state index is 0.132. The van der Waals surface area contributed by atoms with E-state index in [9.17, 15) is 4.79 Å². The molecule has 27 heavy (non-hydrogen) atoms. The summed E-state index contributed by atoms with van der Waals surface area (Å²) >= 11 is 0. The van der Waals surface area contributed by atoms with Crippen molar-refractivity contribution in [3.05, 3.63) is 47.1 Å². The van der Waals surface area contributed by atoms with Gasteiger partial charge in [0.05, 0.1) is 0 Å². The number of nitrogens with zero attached hydrogens (tertiary/aromatic N) is 2. The van der Waals surface area contributed by atoms with Gasteiger partial charge < -0.3 is 10.2 Å². The number of carbonyl (C=O) groups excluding carboxylic acids is 1. The fourth-order valence-corrected chi connectivity index (χ4v) is 3.73. The quantitative estimate of drug-likeness (QED) is 0.758. The lowest BCUT2D eigenvalue weighted by Crippen LogP contribution is -2.46. The Morgan fingerprint density at radius 3 is 2.59 bits per heavy atom. The molecule has 1 amide bonds. The Balaban J connectivity index is 1.48. The highest BCUT2D eigenvalue weighted by Crippen LogP contribution is 2.28. The fourth-order valence-electron chi connectivity index (χ4n) is 3.73. The van der Waals surface area contributed by atoms with Crippen LogP contribution in [0.2, 0.25) is 0 Å². The van der Waals surface area contributed by atoms with E-state index >= 15 is 0 Å². The number of fused-ring (bicyclic) bond motifs is 1. The van der Waals surface area contributed by atoms with Crippen molar-refractivity contribution in [2.24, 2.45) is 0 Å². The Labute approximate surface area is 163 Å². The van der Waals surface area contributed by atoms with Gasteiger partial charge in [-0.25, -0.2) is 0 Å². The van der Waals surface area contributed by atoms with Crippen molar-refractivity contribution in [2.45, 2.75) is 46.5 Å². The van der Waals surface area contributed by atoms with Gasteiger partial charge in [-0.05, 0) is 63.8 Å². The smallest absolute Gasteiger partial charge is 0.224 e. The first kappa shape index (κ1) is 19.7. The van der Waals surface area contributed by atoms with Crippen LogP contribution < -0.4 is 10.2 Å². The van der Waals surface area contributed by atoms with Crippen LogP contribution in [0.4, 0.5) is 11.4 Å². The van der Waals surface area contributed by atoms with Crippen molar-refractivity contribution in [2.75, 3.05) is 42.9 Å². The van der Waals surface area contributed by atoms with E-state index < -0.39 is 0 Å². The largest absolute Gasteiger partial charge is 0.369 e. The average Bonchev–Trinajstić information content (AvgIpc) is 2.66. The van der Waals surface area contributed by atoms with Gasteiger partial charge in [-0.3, -0.25) is 9.69 Å². The van der Waals surface area contributed by atoms with Gasteiger partial charge in [0.25, 0.3) is 0 Å². The fraction of sp³-hybridized carbons (Fsp3) is 0.522. The van der Waals surface area contributed by atoms with Crippen molar-refractivity contribution in [1.29, 1.82) is 0 Å². The van der Waals surface area contributed by atoms with Gasteiger partial charge >= 0.3 is 0 Å². The Kier molecular flexibility index (Phi) is 6.73. The number of rotatable bonds is 6. The summed E-state index contributed by atoms with van der Waals surface area (Å²) in [5, 5.41) is 2.97. The van der Waals surface area contributed by atoms with E-state index in [2.05, 4.69) is 66.2 Å². The number of amides is 1. The molecule has 146 valence electrons.